The van der Waals surface area contributed by atoms with E-state index in [-0.39, 0.29) is 29.4 Å². The van der Waals surface area contributed by atoms with Crippen LogP contribution in [0.5, 0.6) is 0 Å². The maximum absolute atomic E-state index is 5.91. The molecular weight excluding hydrogens is 521 g/mol. The van der Waals surface area contributed by atoms with Crippen molar-refractivity contribution in [1.82, 2.24) is 10.6 Å². The van der Waals surface area contributed by atoms with E-state index < -0.39 is 0 Å². The summed E-state index contributed by atoms with van der Waals surface area (Å²) >= 11 is 3.58. The zero-order chi connectivity index (χ0) is 18.2. The minimum Gasteiger partial charge on any atom is -0.381 e. The predicted octanol–water partition coefficient (Wildman–Crippen LogP) is 3.85. The molecule has 1 aliphatic carbocycles. The molecule has 1 heterocycles. The van der Waals surface area contributed by atoms with Gasteiger partial charge in [0.05, 0.1) is 6.10 Å². The van der Waals surface area contributed by atoms with Gasteiger partial charge in [-0.2, -0.15) is 0 Å². The molecule has 2 fully saturated rings. The van der Waals surface area contributed by atoms with Crippen LogP contribution in [0.1, 0.15) is 37.7 Å². The van der Waals surface area contributed by atoms with Crippen LogP contribution < -0.4 is 10.6 Å². The minimum atomic E-state index is 0. The van der Waals surface area contributed by atoms with E-state index in [1.807, 2.05) is 7.05 Å². The Morgan fingerprint density at radius 3 is 2.74 bits per heavy atom. The summed E-state index contributed by atoms with van der Waals surface area (Å²) in [6, 6.07) is 8.66. The van der Waals surface area contributed by atoms with E-state index in [4.69, 9.17) is 9.47 Å². The molecule has 0 bridgehead atoms. The standard InChI is InChI=1S/C20H30BrN3O2.HI/c1-22-19(23-10-3-11-26-18-6-12-25-13-7-18)24-15-20(8-9-20)16-4-2-5-17(21)14-16;/h2,4-5,14,18H,3,6-13,15H2,1H3,(H2,22,23,24);1H. The summed E-state index contributed by atoms with van der Waals surface area (Å²) in [6.45, 7) is 4.24. The second-order valence-corrected chi connectivity index (χ2v) is 8.09. The Kier molecular flexibility index (Phi) is 9.82. The average molecular weight is 552 g/mol. The summed E-state index contributed by atoms with van der Waals surface area (Å²) in [5, 5.41) is 6.89. The Hall–Kier alpha value is -0.380. The van der Waals surface area contributed by atoms with Crippen LogP contribution in [-0.2, 0) is 14.9 Å². The van der Waals surface area contributed by atoms with Crippen molar-refractivity contribution in [2.75, 3.05) is 40.0 Å². The van der Waals surface area contributed by atoms with Crippen molar-refractivity contribution in [3.05, 3.63) is 34.3 Å². The molecule has 0 radical (unpaired) electrons. The minimum absolute atomic E-state index is 0. The lowest BCUT2D eigenvalue weighted by Crippen LogP contribution is -2.41. The van der Waals surface area contributed by atoms with Crippen LogP contribution in [0, 0.1) is 0 Å². The first-order chi connectivity index (χ1) is 12.7. The maximum atomic E-state index is 5.91. The zero-order valence-electron chi connectivity index (χ0n) is 16.0. The maximum Gasteiger partial charge on any atom is 0.191 e. The molecular formula is C20H31BrIN3O2. The van der Waals surface area contributed by atoms with E-state index in [1.54, 1.807) is 0 Å². The quantitative estimate of drug-likeness (QED) is 0.223. The van der Waals surface area contributed by atoms with E-state index in [0.717, 1.165) is 62.6 Å². The molecule has 0 aromatic heterocycles. The first-order valence-corrected chi connectivity index (χ1v) is 10.4. The van der Waals surface area contributed by atoms with E-state index in [1.165, 1.54) is 18.4 Å². The fourth-order valence-electron chi connectivity index (χ4n) is 3.38. The average Bonchev–Trinajstić information content (AvgIpc) is 3.46. The number of rotatable bonds is 8. The van der Waals surface area contributed by atoms with Gasteiger partial charge in [-0.1, -0.05) is 28.1 Å². The van der Waals surface area contributed by atoms with Crippen LogP contribution in [0.4, 0.5) is 0 Å². The molecule has 0 amide bonds. The number of guanidine groups is 1. The third-order valence-electron chi connectivity index (χ3n) is 5.24. The van der Waals surface area contributed by atoms with E-state index in [2.05, 4.69) is 55.8 Å². The van der Waals surface area contributed by atoms with E-state index in [9.17, 15) is 0 Å². The Morgan fingerprint density at radius 1 is 1.30 bits per heavy atom. The lowest BCUT2D eigenvalue weighted by atomic mass is 9.96. The van der Waals surface area contributed by atoms with Crippen molar-refractivity contribution in [1.29, 1.82) is 0 Å². The van der Waals surface area contributed by atoms with E-state index >= 15 is 0 Å². The summed E-state index contributed by atoms with van der Waals surface area (Å²) in [7, 11) is 1.83. The normalized spacial score (nSPS) is 19.3. The zero-order valence-corrected chi connectivity index (χ0v) is 19.9. The van der Waals surface area contributed by atoms with Gasteiger partial charge in [0, 0.05) is 49.8 Å². The summed E-state index contributed by atoms with van der Waals surface area (Å²) in [5.74, 6) is 0.873. The first kappa shape index (κ1) is 22.9. The number of aliphatic imine (C=N–C) groups is 1. The van der Waals surface area contributed by atoms with Gasteiger partial charge in [0.25, 0.3) is 0 Å². The number of hydrogen-bond acceptors (Lipinski definition) is 3. The van der Waals surface area contributed by atoms with Crippen LogP contribution in [0.15, 0.2) is 33.7 Å². The van der Waals surface area contributed by atoms with Crippen molar-refractivity contribution < 1.29 is 9.47 Å². The summed E-state index contributed by atoms with van der Waals surface area (Å²) in [5.41, 5.74) is 1.66. The van der Waals surface area contributed by atoms with Crippen LogP contribution in [0.25, 0.3) is 0 Å². The molecule has 1 aliphatic heterocycles. The number of hydrogen-bond donors (Lipinski definition) is 2. The van der Waals surface area contributed by atoms with Crippen molar-refractivity contribution in [2.45, 2.75) is 43.6 Å². The molecule has 5 nitrogen and oxygen atoms in total. The van der Waals surface area contributed by atoms with Crippen molar-refractivity contribution in [2.24, 2.45) is 4.99 Å². The van der Waals surface area contributed by atoms with Gasteiger partial charge in [0.1, 0.15) is 0 Å². The van der Waals surface area contributed by atoms with Gasteiger partial charge in [-0.15, -0.1) is 24.0 Å². The van der Waals surface area contributed by atoms with Gasteiger partial charge >= 0.3 is 0 Å². The van der Waals surface area contributed by atoms with Crippen LogP contribution in [0.3, 0.4) is 0 Å². The van der Waals surface area contributed by atoms with Gasteiger partial charge < -0.3 is 20.1 Å². The highest BCUT2D eigenvalue weighted by molar-refractivity contribution is 14.0. The summed E-state index contributed by atoms with van der Waals surface area (Å²) in [6.07, 6.45) is 5.86. The topological polar surface area (TPSA) is 54.9 Å². The number of nitrogens with zero attached hydrogens (tertiary/aromatic N) is 1. The first-order valence-electron chi connectivity index (χ1n) is 9.62. The molecule has 2 aliphatic rings. The number of ether oxygens (including phenoxy) is 2. The van der Waals surface area contributed by atoms with Crippen molar-refractivity contribution in [3.63, 3.8) is 0 Å². The molecule has 2 N–H and O–H groups in total. The highest BCUT2D eigenvalue weighted by atomic mass is 127. The molecule has 7 heteroatoms. The fourth-order valence-corrected chi connectivity index (χ4v) is 3.78. The SMILES string of the molecule is CN=C(NCCCOC1CCOCC1)NCC1(c2cccc(Br)c2)CC1.I. The number of halogens is 2. The predicted molar refractivity (Wildman–Crippen MR) is 124 cm³/mol. The second-order valence-electron chi connectivity index (χ2n) is 7.18. The summed E-state index contributed by atoms with van der Waals surface area (Å²) < 4.78 is 12.4. The smallest absolute Gasteiger partial charge is 0.191 e. The Balaban J connectivity index is 0.00000261. The van der Waals surface area contributed by atoms with Gasteiger partial charge in [0.15, 0.2) is 5.96 Å². The van der Waals surface area contributed by atoms with E-state index in [0.29, 0.717) is 6.10 Å². The molecule has 0 unspecified atom stereocenters. The van der Waals surface area contributed by atoms with Crippen LogP contribution in [-0.4, -0.2) is 52.0 Å². The van der Waals surface area contributed by atoms with Gasteiger partial charge in [-0.05, 0) is 49.8 Å². The van der Waals surface area contributed by atoms with Gasteiger partial charge in [-0.25, -0.2) is 0 Å². The lowest BCUT2D eigenvalue weighted by molar-refractivity contribution is -0.0320. The molecule has 1 saturated carbocycles. The molecule has 0 atom stereocenters. The van der Waals surface area contributed by atoms with Gasteiger partial charge in [-0.3, -0.25) is 4.99 Å². The monoisotopic (exact) mass is 551 g/mol. The Bertz CT molecular complexity index is 605. The third-order valence-corrected chi connectivity index (χ3v) is 5.74. The Labute approximate surface area is 188 Å². The largest absolute Gasteiger partial charge is 0.381 e. The molecule has 152 valence electrons. The molecule has 27 heavy (non-hydrogen) atoms. The van der Waals surface area contributed by atoms with Crippen LogP contribution >= 0.6 is 39.9 Å². The summed E-state index contributed by atoms with van der Waals surface area (Å²) in [4.78, 5) is 4.35. The second kappa shape index (κ2) is 11.6. The highest BCUT2D eigenvalue weighted by Gasteiger charge is 2.44. The molecule has 1 saturated heterocycles. The molecule has 1 aromatic rings. The number of benzene rings is 1. The molecule has 1 aromatic carbocycles. The fraction of sp³-hybridized carbons (Fsp3) is 0.650. The Morgan fingerprint density at radius 2 is 2.07 bits per heavy atom. The van der Waals surface area contributed by atoms with Gasteiger partial charge in [0.2, 0.25) is 0 Å². The van der Waals surface area contributed by atoms with Crippen molar-refractivity contribution in [3.8, 4) is 0 Å². The number of nitrogens with one attached hydrogen (secondary N) is 2. The van der Waals surface area contributed by atoms with Crippen LogP contribution in [0.2, 0.25) is 0 Å². The van der Waals surface area contributed by atoms with Crippen molar-refractivity contribution >= 4 is 45.9 Å². The lowest BCUT2D eigenvalue weighted by Gasteiger charge is -2.22. The third kappa shape index (κ3) is 7.18. The molecule has 3 rings (SSSR count). The molecule has 0 spiro atoms. The highest BCUT2D eigenvalue weighted by Crippen LogP contribution is 2.48.